The molecule has 1 atom stereocenters. The second kappa shape index (κ2) is 5.45. The topological polar surface area (TPSA) is 19.4 Å². The Hall–Kier alpha value is -0.800. The van der Waals surface area contributed by atoms with Crippen LogP contribution in [-0.2, 0) is 5.88 Å². The van der Waals surface area contributed by atoms with E-state index in [1.54, 1.807) is 0 Å². The number of rotatable bonds is 2. The van der Waals surface area contributed by atoms with Crippen LogP contribution in [-0.4, -0.2) is 42.1 Å². The molecule has 2 aliphatic heterocycles. The van der Waals surface area contributed by atoms with Gasteiger partial charge in [-0.1, -0.05) is 6.07 Å². The first-order chi connectivity index (χ1) is 8.88. The Morgan fingerprint density at radius 2 is 2.17 bits per heavy atom. The Labute approximate surface area is 114 Å². The molecule has 0 saturated carbocycles. The van der Waals surface area contributed by atoms with Gasteiger partial charge in [-0.05, 0) is 31.9 Å². The third kappa shape index (κ3) is 2.34. The van der Waals surface area contributed by atoms with Gasteiger partial charge in [0.25, 0.3) is 0 Å². The first-order valence-electron chi connectivity index (χ1n) is 6.87. The van der Waals surface area contributed by atoms with Crippen molar-refractivity contribution in [1.82, 2.24) is 9.88 Å². The first-order valence-corrected chi connectivity index (χ1v) is 7.41. The highest BCUT2D eigenvalue weighted by Crippen LogP contribution is 2.26. The van der Waals surface area contributed by atoms with E-state index in [1.807, 2.05) is 12.3 Å². The second-order valence-corrected chi connectivity index (χ2v) is 5.52. The number of aromatic nitrogens is 1. The van der Waals surface area contributed by atoms with Crippen LogP contribution in [0.15, 0.2) is 18.3 Å². The third-order valence-electron chi connectivity index (χ3n) is 4.11. The van der Waals surface area contributed by atoms with Gasteiger partial charge < -0.3 is 4.90 Å². The van der Waals surface area contributed by atoms with Gasteiger partial charge >= 0.3 is 0 Å². The maximum atomic E-state index is 6.03. The number of alkyl halides is 1. The summed E-state index contributed by atoms with van der Waals surface area (Å²) in [6, 6.07) is 4.78. The molecule has 2 saturated heterocycles. The van der Waals surface area contributed by atoms with Gasteiger partial charge in [0.1, 0.15) is 5.82 Å². The van der Waals surface area contributed by atoms with E-state index in [1.165, 1.54) is 32.4 Å². The van der Waals surface area contributed by atoms with Gasteiger partial charge in [0.2, 0.25) is 0 Å². The fourth-order valence-electron chi connectivity index (χ4n) is 3.22. The molecule has 0 aliphatic carbocycles. The average molecular weight is 266 g/mol. The largest absolute Gasteiger partial charge is 0.355 e. The van der Waals surface area contributed by atoms with Crippen LogP contribution in [0.5, 0.6) is 0 Å². The Morgan fingerprint density at radius 3 is 3.06 bits per heavy atom. The molecule has 2 aliphatic rings. The van der Waals surface area contributed by atoms with Crippen molar-refractivity contribution in [3.63, 3.8) is 0 Å². The van der Waals surface area contributed by atoms with E-state index in [0.29, 0.717) is 5.88 Å². The van der Waals surface area contributed by atoms with Gasteiger partial charge in [-0.2, -0.15) is 0 Å². The Bertz CT molecular complexity index is 410. The zero-order chi connectivity index (χ0) is 12.4. The summed E-state index contributed by atoms with van der Waals surface area (Å²) in [5.74, 6) is 1.65. The van der Waals surface area contributed by atoms with Crippen molar-refractivity contribution in [2.45, 2.75) is 31.2 Å². The predicted octanol–water partition coefficient (Wildman–Crippen LogP) is 2.49. The maximum Gasteiger partial charge on any atom is 0.132 e. The lowest BCUT2D eigenvalue weighted by Gasteiger charge is -2.27. The van der Waals surface area contributed by atoms with Crippen LogP contribution in [0.1, 0.15) is 24.8 Å². The molecule has 18 heavy (non-hydrogen) atoms. The van der Waals surface area contributed by atoms with Gasteiger partial charge in [-0.25, -0.2) is 4.98 Å². The monoisotopic (exact) mass is 265 g/mol. The molecule has 0 N–H and O–H groups in total. The van der Waals surface area contributed by atoms with Crippen molar-refractivity contribution in [2.24, 2.45) is 0 Å². The molecule has 1 aromatic rings. The van der Waals surface area contributed by atoms with Crippen LogP contribution >= 0.6 is 11.6 Å². The lowest BCUT2D eigenvalue weighted by atomic mass is 10.2. The van der Waals surface area contributed by atoms with Crippen LogP contribution in [0.2, 0.25) is 0 Å². The number of pyridine rings is 1. The van der Waals surface area contributed by atoms with Crippen LogP contribution < -0.4 is 4.90 Å². The Kier molecular flexibility index (Phi) is 3.71. The molecule has 98 valence electrons. The normalized spacial score (nSPS) is 24.9. The summed E-state index contributed by atoms with van der Waals surface area (Å²) in [5.41, 5.74) is 1.16. The molecule has 3 heterocycles. The first kappa shape index (κ1) is 12.2. The van der Waals surface area contributed by atoms with Crippen molar-refractivity contribution in [3.05, 3.63) is 23.9 Å². The molecule has 0 bridgehead atoms. The second-order valence-electron chi connectivity index (χ2n) is 5.25. The minimum Gasteiger partial charge on any atom is -0.355 e. The predicted molar refractivity (Wildman–Crippen MR) is 75.2 cm³/mol. The summed E-state index contributed by atoms with van der Waals surface area (Å²) in [6.07, 6.45) is 5.79. The summed E-state index contributed by atoms with van der Waals surface area (Å²) in [5, 5.41) is 0. The van der Waals surface area contributed by atoms with E-state index in [2.05, 4.69) is 20.9 Å². The van der Waals surface area contributed by atoms with Crippen LogP contribution in [0, 0.1) is 0 Å². The van der Waals surface area contributed by atoms with Crippen molar-refractivity contribution in [2.75, 3.05) is 31.1 Å². The molecule has 4 heteroatoms. The minimum absolute atomic E-state index is 0.550. The van der Waals surface area contributed by atoms with Crippen LogP contribution in [0.3, 0.4) is 0 Å². The van der Waals surface area contributed by atoms with Gasteiger partial charge in [-0.15, -0.1) is 11.6 Å². The summed E-state index contributed by atoms with van der Waals surface area (Å²) in [6.45, 7) is 4.74. The summed E-state index contributed by atoms with van der Waals surface area (Å²) >= 11 is 6.03. The van der Waals surface area contributed by atoms with E-state index in [0.717, 1.165) is 30.5 Å². The molecule has 3 rings (SSSR count). The lowest BCUT2D eigenvalue weighted by molar-refractivity contribution is 0.273. The maximum absolute atomic E-state index is 6.03. The molecular weight excluding hydrogens is 246 g/mol. The van der Waals surface area contributed by atoms with Crippen molar-refractivity contribution in [1.29, 1.82) is 0 Å². The third-order valence-corrected chi connectivity index (χ3v) is 4.40. The number of hydrogen-bond donors (Lipinski definition) is 0. The standard InChI is InChI=1S/C14H20ClN3/c15-10-12-4-1-6-16-14(12)18-9-3-8-17-7-2-5-13(17)11-18/h1,4,6,13H,2-3,5,7-11H2. The molecule has 1 aromatic heterocycles. The summed E-state index contributed by atoms with van der Waals surface area (Å²) < 4.78 is 0. The van der Waals surface area contributed by atoms with Crippen molar-refractivity contribution < 1.29 is 0 Å². The molecule has 1 unspecified atom stereocenters. The van der Waals surface area contributed by atoms with E-state index in [4.69, 9.17) is 11.6 Å². The molecule has 0 radical (unpaired) electrons. The average Bonchev–Trinajstić information content (AvgIpc) is 2.76. The molecule has 0 spiro atoms. The highest BCUT2D eigenvalue weighted by molar-refractivity contribution is 6.17. The molecule has 2 fully saturated rings. The number of anilines is 1. The van der Waals surface area contributed by atoms with E-state index >= 15 is 0 Å². The highest BCUT2D eigenvalue weighted by Gasteiger charge is 2.29. The van der Waals surface area contributed by atoms with Gasteiger partial charge in [-0.3, -0.25) is 4.90 Å². The summed E-state index contributed by atoms with van der Waals surface area (Å²) in [7, 11) is 0. The quantitative estimate of drug-likeness (QED) is 0.766. The SMILES string of the molecule is ClCc1cccnc1N1CCCN2CCCC2C1. The van der Waals surface area contributed by atoms with Crippen LogP contribution in [0.4, 0.5) is 5.82 Å². The molecule has 0 aromatic carbocycles. The van der Waals surface area contributed by atoms with E-state index in [-0.39, 0.29) is 0 Å². The van der Waals surface area contributed by atoms with Crippen LogP contribution in [0.25, 0.3) is 0 Å². The minimum atomic E-state index is 0.550. The van der Waals surface area contributed by atoms with Gasteiger partial charge in [0, 0.05) is 37.4 Å². The zero-order valence-corrected chi connectivity index (χ0v) is 11.4. The number of fused-ring (bicyclic) bond motifs is 1. The Morgan fingerprint density at radius 1 is 1.28 bits per heavy atom. The summed E-state index contributed by atoms with van der Waals surface area (Å²) in [4.78, 5) is 9.63. The van der Waals surface area contributed by atoms with E-state index < -0.39 is 0 Å². The molecule has 0 amide bonds. The van der Waals surface area contributed by atoms with Crippen molar-refractivity contribution in [3.8, 4) is 0 Å². The lowest BCUT2D eigenvalue weighted by Crippen LogP contribution is -2.37. The fraction of sp³-hybridized carbons (Fsp3) is 0.643. The van der Waals surface area contributed by atoms with Gasteiger partial charge in [0.05, 0.1) is 5.88 Å². The fourth-order valence-corrected chi connectivity index (χ4v) is 3.43. The molecule has 3 nitrogen and oxygen atoms in total. The number of halogens is 1. The van der Waals surface area contributed by atoms with E-state index in [9.17, 15) is 0 Å². The van der Waals surface area contributed by atoms with Gasteiger partial charge in [0.15, 0.2) is 0 Å². The molecular formula is C14H20ClN3. The highest BCUT2D eigenvalue weighted by atomic mass is 35.5. The number of nitrogens with zero attached hydrogens (tertiary/aromatic N) is 3. The number of hydrogen-bond acceptors (Lipinski definition) is 3. The smallest absolute Gasteiger partial charge is 0.132 e. The Balaban J connectivity index is 1.82. The van der Waals surface area contributed by atoms with Crippen molar-refractivity contribution >= 4 is 17.4 Å². The zero-order valence-electron chi connectivity index (χ0n) is 10.7.